The van der Waals surface area contributed by atoms with E-state index in [9.17, 15) is 5.11 Å². The minimum atomic E-state index is -0.00387. The fourth-order valence-corrected chi connectivity index (χ4v) is 1.97. The van der Waals surface area contributed by atoms with E-state index in [1.54, 1.807) is 0 Å². The van der Waals surface area contributed by atoms with Crippen molar-refractivity contribution in [3.8, 4) is 0 Å². The van der Waals surface area contributed by atoms with Crippen molar-refractivity contribution >= 4 is 0 Å². The van der Waals surface area contributed by atoms with Crippen LogP contribution in [0.1, 0.15) is 58.7 Å². The summed E-state index contributed by atoms with van der Waals surface area (Å²) in [6.07, 6.45) is 0. The van der Waals surface area contributed by atoms with E-state index < -0.39 is 0 Å². The summed E-state index contributed by atoms with van der Waals surface area (Å²) >= 11 is 0. The van der Waals surface area contributed by atoms with Crippen LogP contribution < -0.4 is 5.32 Å². The Morgan fingerprint density at radius 3 is 1.83 bits per heavy atom. The molecule has 102 valence electrons. The van der Waals surface area contributed by atoms with Gasteiger partial charge in [-0.2, -0.15) is 0 Å². The second-order valence-corrected chi connectivity index (χ2v) is 7.00. The standard InChI is InChI=1S/C16H27NO/c1-15(2,3)13-9-7-12(8-10-13)14(11-18)17-16(4,5)6/h7-10,14,17-18H,11H2,1-6H3. The third-order valence-corrected chi connectivity index (χ3v) is 2.97. The monoisotopic (exact) mass is 249 g/mol. The van der Waals surface area contributed by atoms with Gasteiger partial charge >= 0.3 is 0 Å². The molecule has 1 atom stereocenters. The molecule has 0 aromatic heterocycles. The first kappa shape index (κ1) is 15.2. The maximum Gasteiger partial charge on any atom is 0.0626 e. The second-order valence-electron chi connectivity index (χ2n) is 7.00. The van der Waals surface area contributed by atoms with Crippen LogP contribution in [0.15, 0.2) is 24.3 Å². The fraction of sp³-hybridized carbons (Fsp3) is 0.625. The van der Waals surface area contributed by atoms with Crippen molar-refractivity contribution in [1.82, 2.24) is 5.32 Å². The molecule has 0 saturated carbocycles. The van der Waals surface area contributed by atoms with Crippen LogP contribution in [0.25, 0.3) is 0 Å². The van der Waals surface area contributed by atoms with Crippen molar-refractivity contribution < 1.29 is 5.11 Å². The van der Waals surface area contributed by atoms with Gasteiger partial charge in [0.1, 0.15) is 0 Å². The molecule has 18 heavy (non-hydrogen) atoms. The Labute approximate surface area is 111 Å². The van der Waals surface area contributed by atoms with E-state index >= 15 is 0 Å². The average molecular weight is 249 g/mol. The molecule has 2 N–H and O–H groups in total. The quantitative estimate of drug-likeness (QED) is 0.860. The van der Waals surface area contributed by atoms with Crippen molar-refractivity contribution in [3.63, 3.8) is 0 Å². The van der Waals surface area contributed by atoms with Crippen molar-refractivity contribution in [1.29, 1.82) is 0 Å². The van der Waals surface area contributed by atoms with Gasteiger partial charge in [-0.15, -0.1) is 0 Å². The molecule has 1 rings (SSSR count). The van der Waals surface area contributed by atoms with E-state index in [0.29, 0.717) is 0 Å². The number of benzene rings is 1. The molecular formula is C16H27NO. The van der Waals surface area contributed by atoms with Gasteiger partial charge in [0, 0.05) is 5.54 Å². The molecule has 0 aliphatic carbocycles. The number of hydrogen-bond donors (Lipinski definition) is 2. The van der Waals surface area contributed by atoms with Crippen molar-refractivity contribution in [2.24, 2.45) is 0 Å². The molecule has 0 bridgehead atoms. The Hall–Kier alpha value is -0.860. The molecule has 1 aromatic carbocycles. The number of hydrogen-bond acceptors (Lipinski definition) is 2. The third-order valence-electron chi connectivity index (χ3n) is 2.97. The predicted molar refractivity (Wildman–Crippen MR) is 77.9 cm³/mol. The van der Waals surface area contributed by atoms with Crippen LogP contribution >= 0.6 is 0 Å². The van der Waals surface area contributed by atoms with Gasteiger partial charge in [0.05, 0.1) is 12.6 Å². The van der Waals surface area contributed by atoms with E-state index in [1.807, 2.05) is 0 Å². The molecule has 0 spiro atoms. The Bertz CT molecular complexity index is 368. The summed E-state index contributed by atoms with van der Waals surface area (Å²) in [5, 5.41) is 12.9. The van der Waals surface area contributed by atoms with Crippen molar-refractivity contribution in [3.05, 3.63) is 35.4 Å². The maximum absolute atomic E-state index is 9.51. The molecule has 1 unspecified atom stereocenters. The SMILES string of the molecule is CC(C)(C)NC(CO)c1ccc(C(C)(C)C)cc1. The maximum atomic E-state index is 9.51. The van der Waals surface area contributed by atoms with E-state index in [2.05, 4.69) is 71.1 Å². The molecule has 0 aliphatic rings. The highest BCUT2D eigenvalue weighted by Crippen LogP contribution is 2.24. The summed E-state index contributed by atoms with van der Waals surface area (Å²) in [5.41, 5.74) is 2.62. The zero-order chi connectivity index (χ0) is 14.0. The molecule has 2 heteroatoms. The summed E-state index contributed by atoms with van der Waals surface area (Å²) in [6, 6.07) is 8.53. The molecule has 1 aromatic rings. The van der Waals surface area contributed by atoms with Gasteiger partial charge in [0.15, 0.2) is 0 Å². The van der Waals surface area contributed by atoms with Gasteiger partial charge in [-0.05, 0) is 37.3 Å². The first-order valence-corrected chi connectivity index (χ1v) is 6.62. The second kappa shape index (κ2) is 5.41. The summed E-state index contributed by atoms with van der Waals surface area (Å²) in [7, 11) is 0. The van der Waals surface area contributed by atoms with Gasteiger partial charge < -0.3 is 10.4 Å². The normalized spacial score (nSPS) is 14.6. The predicted octanol–water partition coefficient (Wildman–Crippen LogP) is 3.41. The van der Waals surface area contributed by atoms with Crippen LogP contribution in [0.2, 0.25) is 0 Å². The first-order valence-electron chi connectivity index (χ1n) is 6.62. The highest BCUT2D eigenvalue weighted by Gasteiger charge is 2.19. The molecule has 0 aliphatic heterocycles. The van der Waals surface area contributed by atoms with Crippen molar-refractivity contribution in [2.45, 2.75) is 58.5 Å². The number of aliphatic hydroxyl groups is 1. The summed E-state index contributed by atoms with van der Waals surface area (Å²) < 4.78 is 0. The highest BCUT2D eigenvalue weighted by atomic mass is 16.3. The largest absolute Gasteiger partial charge is 0.394 e. The van der Waals surface area contributed by atoms with Crippen LogP contribution in [0.3, 0.4) is 0 Å². The lowest BCUT2D eigenvalue weighted by atomic mass is 9.86. The Morgan fingerprint density at radius 1 is 1.00 bits per heavy atom. The number of aliphatic hydroxyl groups excluding tert-OH is 1. The Kier molecular flexibility index (Phi) is 4.57. The zero-order valence-corrected chi connectivity index (χ0v) is 12.5. The lowest BCUT2D eigenvalue weighted by Gasteiger charge is -2.28. The van der Waals surface area contributed by atoms with Crippen LogP contribution in [-0.2, 0) is 5.41 Å². The molecule has 0 amide bonds. The highest BCUT2D eigenvalue weighted by molar-refractivity contribution is 5.29. The van der Waals surface area contributed by atoms with Gasteiger partial charge in [-0.3, -0.25) is 0 Å². The summed E-state index contributed by atoms with van der Waals surface area (Å²) in [4.78, 5) is 0. The first-order chi connectivity index (χ1) is 8.13. The third kappa shape index (κ3) is 4.43. The molecular weight excluding hydrogens is 222 g/mol. The Balaban J connectivity index is 2.89. The number of nitrogens with one attached hydrogen (secondary N) is 1. The Morgan fingerprint density at radius 2 is 1.50 bits per heavy atom. The minimum Gasteiger partial charge on any atom is -0.394 e. The van der Waals surface area contributed by atoms with Gasteiger partial charge in [0.25, 0.3) is 0 Å². The van der Waals surface area contributed by atoms with Crippen LogP contribution in [-0.4, -0.2) is 17.3 Å². The minimum absolute atomic E-state index is 0.000909. The van der Waals surface area contributed by atoms with Crippen molar-refractivity contribution in [2.75, 3.05) is 6.61 Å². The van der Waals surface area contributed by atoms with Gasteiger partial charge in [-0.1, -0.05) is 45.0 Å². The van der Waals surface area contributed by atoms with Crippen LogP contribution in [0.4, 0.5) is 0 Å². The van der Waals surface area contributed by atoms with Gasteiger partial charge in [0.2, 0.25) is 0 Å². The molecule has 2 nitrogen and oxygen atoms in total. The van der Waals surface area contributed by atoms with E-state index in [0.717, 1.165) is 5.56 Å². The average Bonchev–Trinajstić information content (AvgIpc) is 2.24. The number of rotatable bonds is 3. The molecule has 0 saturated heterocycles. The van der Waals surface area contributed by atoms with E-state index in [1.165, 1.54) is 5.56 Å². The summed E-state index contributed by atoms with van der Waals surface area (Å²) in [6.45, 7) is 13.1. The molecule has 0 fully saturated rings. The van der Waals surface area contributed by atoms with E-state index in [-0.39, 0.29) is 23.6 Å². The lowest BCUT2D eigenvalue weighted by molar-refractivity contribution is 0.217. The lowest BCUT2D eigenvalue weighted by Crippen LogP contribution is -2.40. The summed E-state index contributed by atoms with van der Waals surface area (Å²) in [5.74, 6) is 0. The van der Waals surface area contributed by atoms with E-state index in [4.69, 9.17) is 0 Å². The topological polar surface area (TPSA) is 32.3 Å². The zero-order valence-electron chi connectivity index (χ0n) is 12.5. The van der Waals surface area contributed by atoms with Gasteiger partial charge in [-0.25, -0.2) is 0 Å². The smallest absolute Gasteiger partial charge is 0.0626 e. The molecule has 0 radical (unpaired) electrons. The fourth-order valence-electron chi connectivity index (χ4n) is 1.97. The van der Waals surface area contributed by atoms with Crippen LogP contribution in [0.5, 0.6) is 0 Å². The molecule has 0 heterocycles. The van der Waals surface area contributed by atoms with Crippen LogP contribution in [0, 0.1) is 0 Å².